The fraction of sp³-hybridized carbons (Fsp3) is 0.294. The molecular formula is C17H17NO. The van der Waals surface area contributed by atoms with Crippen LogP contribution in [0.1, 0.15) is 16.7 Å². The molecule has 2 aromatic rings. The molecule has 0 spiro atoms. The summed E-state index contributed by atoms with van der Waals surface area (Å²) in [4.78, 5) is 0. The molecule has 0 unspecified atom stereocenters. The molecule has 0 amide bonds. The molecule has 2 heteroatoms. The van der Waals surface area contributed by atoms with E-state index in [0.717, 1.165) is 31.6 Å². The standard InChI is InChI=1S/C17H17NO/c1-2-4-13-10-16(9-12(13)3-1)18-15-5-6-17-14(11-15)7-8-19-17/h1-6,11,16,18H,7-10H2. The van der Waals surface area contributed by atoms with Crippen molar-refractivity contribution in [1.82, 2.24) is 0 Å². The van der Waals surface area contributed by atoms with Gasteiger partial charge in [0.2, 0.25) is 0 Å². The first kappa shape index (κ1) is 10.9. The van der Waals surface area contributed by atoms with Gasteiger partial charge in [0, 0.05) is 18.2 Å². The molecule has 0 fully saturated rings. The Morgan fingerprint density at radius 3 is 2.53 bits per heavy atom. The predicted octanol–water partition coefficient (Wildman–Crippen LogP) is 3.20. The average Bonchev–Trinajstić information content (AvgIpc) is 3.03. The first-order valence-corrected chi connectivity index (χ1v) is 6.97. The minimum Gasteiger partial charge on any atom is -0.493 e. The molecule has 1 heterocycles. The number of hydrogen-bond acceptors (Lipinski definition) is 2. The molecule has 0 radical (unpaired) electrons. The van der Waals surface area contributed by atoms with E-state index in [1.54, 1.807) is 0 Å². The average molecular weight is 251 g/mol. The van der Waals surface area contributed by atoms with Gasteiger partial charge in [-0.05, 0) is 47.7 Å². The molecule has 1 aliphatic carbocycles. The summed E-state index contributed by atoms with van der Waals surface area (Å²) in [5.41, 5.74) is 5.54. The smallest absolute Gasteiger partial charge is 0.122 e. The molecule has 2 nitrogen and oxygen atoms in total. The lowest BCUT2D eigenvalue weighted by Crippen LogP contribution is -2.19. The van der Waals surface area contributed by atoms with Crippen molar-refractivity contribution in [1.29, 1.82) is 0 Å². The molecule has 1 aliphatic heterocycles. The van der Waals surface area contributed by atoms with Gasteiger partial charge in [-0.25, -0.2) is 0 Å². The Bertz CT molecular complexity index is 595. The Hall–Kier alpha value is -1.96. The zero-order chi connectivity index (χ0) is 12.7. The fourth-order valence-corrected chi connectivity index (χ4v) is 3.17. The minimum absolute atomic E-state index is 0.526. The number of rotatable bonds is 2. The van der Waals surface area contributed by atoms with Gasteiger partial charge in [-0.15, -0.1) is 0 Å². The zero-order valence-corrected chi connectivity index (χ0v) is 10.9. The molecular weight excluding hydrogens is 234 g/mol. The Morgan fingerprint density at radius 2 is 1.74 bits per heavy atom. The van der Waals surface area contributed by atoms with Crippen molar-refractivity contribution in [3.63, 3.8) is 0 Å². The van der Waals surface area contributed by atoms with Crippen LogP contribution in [-0.2, 0) is 19.3 Å². The second-order valence-corrected chi connectivity index (χ2v) is 5.44. The normalized spacial score (nSPS) is 16.8. The van der Waals surface area contributed by atoms with Crippen molar-refractivity contribution in [3.05, 3.63) is 59.2 Å². The highest BCUT2D eigenvalue weighted by Gasteiger charge is 2.21. The lowest BCUT2D eigenvalue weighted by molar-refractivity contribution is 0.357. The summed E-state index contributed by atoms with van der Waals surface area (Å²) in [6.07, 6.45) is 3.29. The van der Waals surface area contributed by atoms with Gasteiger partial charge in [0.15, 0.2) is 0 Å². The summed E-state index contributed by atoms with van der Waals surface area (Å²) in [6, 6.07) is 15.7. The van der Waals surface area contributed by atoms with Gasteiger partial charge in [-0.2, -0.15) is 0 Å². The molecule has 2 aromatic carbocycles. The van der Waals surface area contributed by atoms with E-state index in [2.05, 4.69) is 47.8 Å². The molecule has 4 rings (SSSR count). The number of nitrogens with one attached hydrogen (secondary N) is 1. The van der Waals surface area contributed by atoms with Crippen molar-refractivity contribution < 1.29 is 4.74 Å². The monoisotopic (exact) mass is 251 g/mol. The van der Waals surface area contributed by atoms with E-state index in [1.165, 1.54) is 22.4 Å². The van der Waals surface area contributed by atoms with Crippen LogP contribution in [0.5, 0.6) is 5.75 Å². The van der Waals surface area contributed by atoms with Gasteiger partial charge in [-0.1, -0.05) is 24.3 Å². The number of anilines is 1. The largest absolute Gasteiger partial charge is 0.493 e. The highest BCUT2D eigenvalue weighted by atomic mass is 16.5. The van der Waals surface area contributed by atoms with Crippen molar-refractivity contribution in [2.45, 2.75) is 25.3 Å². The summed E-state index contributed by atoms with van der Waals surface area (Å²) in [7, 11) is 0. The summed E-state index contributed by atoms with van der Waals surface area (Å²) in [5.74, 6) is 1.06. The molecule has 0 saturated carbocycles. The van der Waals surface area contributed by atoms with Gasteiger partial charge in [0.25, 0.3) is 0 Å². The van der Waals surface area contributed by atoms with Gasteiger partial charge >= 0.3 is 0 Å². The molecule has 0 aromatic heterocycles. The predicted molar refractivity (Wildman–Crippen MR) is 76.9 cm³/mol. The second kappa shape index (κ2) is 4.30. The third kappa shape index (κ3) is 1.97. The van der Waals surface area contributed by atoms with Crippen LogP contribution in [0.25, 0.3) is 0 Å². The van der Waals surface area contributed by atoms with Gasteiger partial charge in [-0.3, -0.25) is 0 Å². The van der Waals surface area contributed by atoms with E-state index in [9.17, 15) is 0 Å². The Morgan fingerprint density at radius 1 is 0.947 bits per heavy atom. The third-order valence-corrected chi connectivity index (χ3v) is 4.11. The van der Waals surface area contributed by atoms with Crippen LogP contribution in [0.2, 0.25) is 0 Å². The van der Waals surface area contributed by atoms with E-state index in [-0.39, 0.29) is 0 Å². The Labute approximate surface area is 113 Å². The molecule has 0 saturated heterocycles. The molecule has 96 valence electrons. The van der Waals surface area contributed by atoms with E-state index < -0.39 is 0 Å². The number of benzene rings is 2. The summed E-state index contributed by atoms with van der Waals surface area (Å²) in [5, 5.41) is 3.66. The first-order chi connectivity index (χ1) is 9.38. The van der Waals surface area contributed by atoms with Crippen molar-refractivity contribution in [3.8, 4) is 5.75 Å². The quantitative estimate of drug-likeness (QED) is 0.885. The van der Waals surface area contributed by atoms with Crippen LogP contribution >= 0.6 is 0 Å². The van der Waals surface area contributed by atoms with Crippen LogP contribution in [-0.4, -0.2) is 12.6 Å². The second-order valence-electron chi connectivity index (χ2n) is 5.44. The summed E-state index contributed by atoms with van der Waals surface area (Å²) >= 11 is 0. The molecule has 0 atom stereocenters. The van der Waals surface area contributed by atoms with Crippen LogP contribution in [0.3, 0.4) is 0 Å². The minimum atomic E-state index is 0.526. The van der Waals surface area contributed by atoms with Crippen LogP contribution in [0.15, 0.2) is 42.5 Å². The van der Waals surface area contributed by atoms with Crippen molar-refractivity contribution in [2.24, 2.45) is 0 Å². The highest BCUT2D eigenvalue weighted by molar-refractivity contribution is 5.54. The van der Waals surface area contributed by atoms with Gasteiger partial charge in [0.1, 0.15) is 5.75 Å². The van der Waals surface area contributed by atoms with Crippen molar-refractivity contribution in [2.75, 3.05) is 11.9 Å². The maximum absolute atomic E-state index is 5.55. The molecule has 0 bridgehead atoms. The van der Waals surface area contributed by atoms with Gasteiger partial charge in [0.05, 0.1) is 6.61 Å². The summed E-state index contributed by atoms with van der Waals surface area (Å²) < 4.78 is 5.55. The zero-order valence-electron chi connectivity index (χ0n) is 10.9. The van der Waals surface area contributed by atoms with E-state index in [1.807, 2.05) is 0 Å². The fourth-order valence-electron chi connectivity index (χ4n) is 3.17. The Balaban J connectivity index is 1.51. The molecule has 19 heavy (non-hydrogen) atoms. The number of hydrogen-bond donors (Lipinski definition) is 1. The SMILES string of the molecule is c1ccc2c(c1)CC(Nc1ccc3c(c1)CCO3)C2. The number of fused-ring (bicyclic) bond motifs is 2. The first-order valence-electron chi connectivity index (χ1n) is 6.97. The number of ether oxygens (including phenoxy) is 1. The lowest BCUT2D eigenvalue weighted by Gasteiger charge is -2.14. The van der Waals surface area contributed by atoms with E-state index in [0.29, 0.717) is 6.04 Å². The van der Waals surface area contributed by atoms with Crippen LogP contribution in [0.4, 0.5) is 5.69 Å². The van der Waals surface area contributed by atoms with E-state index in [4.69, 9.17) is 4.74 Å². The van der Waals surface area contributed by atoms with Crippen molar-refractivity contribution >= 4 is 5.69 Å². The molecule has 1 N–H and O–H groups in total. The third-order valence-electron chi connectivity index (χ3n) is 4.11. The van der Waals surface area contributed by atoms with Crippen LogP contribution < -0.4 is 10.1 Å². The topological polar surface area (TPSA) is 21.3 Å². The maximum Gasteiger partial charge on any atom is 0.122 e. The Kier molecular flexibility index (Phi) is 2.47. The highest BCUT2D eigenvalue weighted by Crippen LogP contribution is 2.30. The summed E-state index contributed by atoms with van der Waals surface area (Å²) in [6.45, 7) is 0.827. The maximum atomic E-state index is 5.55. The van der Waals surface area contributed by atoms with Gasteiger partial charge < -0.3 is 10.1 Å². The van der Waals surface area contributed by atoms with Crippen LogP contribution in [0, 0.1) is 0 Å². The van der Waals surface area contributed by atoms with E-state index >= 15 is 0 Å². The molecule has 2 aliphatic rings. The lowest BCUT2D eigenvalue weighted by atomic mass is 10.1.